The molecule has 0 fully saturated rings. The molecule has 15 heavy (non-hydrogen) atoms. The normalized spacial score (nSPS) is 10.3. The molecule has 0 saturated heterocycles. The summed E-state index contributed by atoms with van der Waals surface area (Å²) in [5, 5.41) is 3.86. The van der Waals surface area contributed by atoms with Gasteiger partial charge in [-0.15, -0.1) is 0 Å². The van der Waals surface area contributed by atoms with Gasteiger partial charge in [0, 0.05) is 25.0 Å². The zero-order valence-electron chi connectivity index (χ0n) is 8.51. The van der Waals surface area contributed by atoms with Gasteiger partial charge in [-0.25, -0.2) is 9.67 Å². The van der Waals surface area contributed by atoms with Crippen LogP contribution in [0.1, 0.15) is 21.7 Å². The topological polar surface area (TPSA) is 60.7 Å². The lowest BCUT2D eigenvalue weighted by molar-refractivity contribution is 0.102. The van der Waals surface area contributed by atoms with Gasteiger partial charge in [-0.05, 0) is 18.6 Å². The van der Waals surface area contributed by atoms with Gasteiger partial charge >= 0.3 is 0 Å². The van der Waals surface area contributed by atoms with Crippen LogP contribution in [0.3, 0.4) is 0 Å². The highest BCUT2D eigenvalue weighted by Gasteiger charge is 2.15. The van der Waals surface area contributed by atoms with E-state index in [2.05, 4.69) is 15.1 Å². The van der Waals surface area contributed by atoms with Crippen molar-refractivity contribution in [2.45, 2.75) is 6.92 Å². The summed E-state index contributed by atoms with van der Waals surface area (Å²) in [4.78, 5) is 19.8. The SMILES string of the molecule is Cc1cnccc1C(=O)c1ncnn1C. The molecule has 5 nitrogen and oxygen atoms in total. The quantitative estimate of drug-likeness (QED) is 0.674. The van der Waals surface area contributed by atoms with Crippen LogP contribution in [0.2, 0.25) is 0 Å². The number of pyridine rings is 1. The summed E-state index contributed by atoms with van der Waals surface area (Å²) < 4.78 is 1.46. The third-order valence-corrected chi connectivity index (χ3v) is 2.18. The Balaban J connectivity index is 2.46. The van der Waals surface area contributed by atoms with Crippen LogP contribution in [-0.4, -0.2) is 25.5 Å². The van der Waals surface area contributed by atoms with Crippen molar-refractivity contribution in [3.63, 3.8) is 0 Å². The number of carbonyl (C=O) groups excluding carboxylic acids is 1. The van der Waals surface area contributed by atoms with Crippen LogP contribution in [0.5, 0.6) is 0 Å². The van der Waals surface area contributed by atoms with Gasteiger partial charge in [-0.1, -0.05) is 0 Å². The summed E-state index contributed by atoms with van der Waals surface area (Å²) in [6, 6.07) is 1.69. The van der Waals surface area contributed by atoms with Crippen molar-refractivity contribution in [2.75, 3.05) is 0 Å². The predicted octanol–water partition coefficient (Wildman–Crippen LogP) is 0.750. The van der Waals surface area contributed by atoms with E-state index in [1.54, 1.807) is 25.5 Å². The molecule has 0 aliphatic rings. The van der Waals surface area contributed by atoms with Crippen LogP contribution >= 0.6 is 0 Å². The van der Waals surface area contributed by atoms with Crippen LogP contribution in [0.4, 0.5) is 0 Å². The Morgan fingerprint density at radius 1 is 1.47 bits per heavy atom. The highest BCUT2D eigenvalue weighted by atomic mass is 16.1. The first kappa shape index (κ1) is 9.51. The molecule has 0 spiro atoms. The minimum atomic E-state index is -0.130. The largest absolute Gasteiger partial charge is 0.285 e. The van der Waals surface area contributed by atoms with Gasteiger partial charge in [-0.2, -0.15) is 5.10 Å². The molecule has 2 heterocycles. The number of hydrogen-bond acceptors (Lipinski definition) is 4. The highest BCUT2D eigenvalue weighted by Crippen LogP contribution is 2.10. The van der Waals surface area contributed by atoms with E-state index >= 15 is 0 Å². The van der Waals surface area contributed by atoms with E-state index in [4.69, 9.17) is 0 Å². The van der Waals surface area contributed by atoms with Gasteiger partial charge in [0.1, 0.15) is 6.33 Å². The standard InChI is InChI=1S/C10H10N4O/c1-7-5-11-4-3-8(7)9(15)10-12-6-13-14(10)2/h3-6H,1-2H3. The summed E-state index contributed by atoms with van der Waals surface area (Å²) >= 11 is 0. The lowest BCUT2D eigenvalue weighted by Gasteiger charge is -2.02. The van der Waals surface area contributed by atoms with E-state index < -0.39 is 0 Å². The van der Waals surface area contributed by atoms with Crippen LogP contribution in [0.15, 0.2) is 24.8 Å². The van der Waals surface area contributed by atoms with Gasteiger partial charge < -0.3 is 0 Å². The third kappa shape index (κ3) is 1.63. The minimum Gasteiger partial charge on any atom is -0.285 e. The maximum Gasteiger partial charge on any atom is 0.230 e. The van der Waals surface area contributed by atoms with Gasteiger partial charge in [0.15, 0.2) is 5.82 Å². The fraction of sp³-hybridized carbons (Fsp3) is 0.200. The molecular weight excluding hydrogens is 192 g/mol. The Kier molecular flexibility index (Phi) is 2.29. The van der Waals surface area contributed by atoms with E-state index in [0.29, 0.717) is 11.4 Å². The van der Waals surface area contributed by atoms with Crippen molar-refractivity contribution in [3.8, 4) is 0 Å². The molecule has 0 aromatic carbocycles. The van der Waals surface area contributed by atoms with Crippen molar-refractivity contribution in [3.05, 3.63) is 41.7 Å². The first-order chi connectivity index (χ1) is 7.20. The zero-order valence-corrected chi connectivity index (χ0v) is 8.51. The number of nitrogens with zero attached hydrogens (tertiary/aromatic N) is 4. The smallest absolute Gasteiger partial charge is 0.230 e. The maximum absolute atomic E-state index is 12.0. The molecule has 0 unspecified atom stereocenters. The first-order valence-corrected chi connectivity index (χ1v) is 4.49. The summed E-state index contributed by atoms with van der Waals surface area (Å²) in [7, 11) is 1.69. The molecule has 0 atom stereocenters. The summed E-state index contributed by atoms with van der Waals surface area (Å²) in [6.07, 6.45) is 4.62. The van der Waals surface area contributed by atoms with Crippen molar-refractivity contribution in [1.29, 1.82) is 0 Å². The molecule has 2 aromatic rings. The first-order valence-electron chi connectivity index (χ1n) is 4.49. The molecule has 0 aliphatic heterocycles. The second-order valence-electron chi connectivity index (χ2n) is 3.23. The van der Waals surface area contributed by atoms with E-state index in [-0.39, 0.29) is 5.78 Å². The van der Waals surface area contributed by atoms with Gasteiger partial charge in [0.05, 0.1) is 0 Å². The van der Waals surface area contributed by atoms with Crippen LogP contribution in [-0.2, 0) is 7.05 Å². The van der Waals surface area contributed by atoms with Crippen molar-refractivity contribution in [2.24, 2.45) is 7.05 Å². The second kappa shape index (κ2) is 3.61. The maximum atomic E-state index is 12.0. The third-order valence-electron chi connectivity index (χ3n) is 2.18. The van der Waals surface area contributed by atoms with E-state index in [9.17, 15) is 4.79 Å². The predicted molar refractivity (Wildman–Crippen MR) is 53.4 cm³/mol. The average molecular weight is 202 g/mol. The molecule has 5 heteroatoms. The number of hydrogen-bond donors (Lipinski definition) is 0. The number of carbonyl (C=O) groups is 1. The van der Waals surface area contributed by atoms with Gasteiger partial charge in [0.2, 0.25) is 5.78 Å². The fourth-order valence-corrected chi connectivity index (χ4v) is 1.35. The molecule has 0 bridgehead atoms. The lowest BCUT2D eigenvalue weighted by Crippen LogP contribution is -2.11. The van der Waals surface area contributed by atoms with E-state index in [0.717, 1.165) is 5.56 Å². The molecule has 0 radical (unpaired) electrons. The molecule has 0 N–H and O–H groups in total. The Hall–Kier alpha value is -2.04. The monoisotopic (exact) mass is 202 g/mol. The highest BCUT2D eigenvalue weighted by molar-refractivity contribution is 6.07. The molecule has 2 aromatic heterocycles. The second-order valence-corrected chi connectivity index (χ2v) is 3.23. The number of ketones is 1. The molecular formula is C10H10N4O. The summed E-state index contributed by atoms with van der Waals surface area (Å²) in [5.41, 5.74) is 1.45. The Bertz CT molecular complexity index is 504. The summed E-state index contributed by atoms with van der Waals surface area (Å²) in [6.45, 7) is 1.84. The summed E-state index contributed by atoms with van der Waals surface area (Å²) in [5.74, 6) is 0.208. The molecule has 0 saturated carbocycles. The number of aryl methyl sites for hydroxylation is 2. The fourth-order valence-electron chi connectivity index (χ4n) is 1.35. The Morgan fingerprint density at radius 3 is 2.87 bits per heavy atom. The molecule has 0 aliphatic carbocycles. The molecule has 76 valence electrons. The molecule has 0 amide bonds. The van der Waals surface area contributed by atoms with Gasteiger partial charge in [-0.3, -0.25) is 9.78 Å². The van der Waals surface area contributed by atoms with E-state index in [1.807, 2.05) is 6.92 Å². The molecule has 2 rings (SSSR count). The lowest BCUT2D eigenvalue weighted by atomic mass is 10.1. The average Bonchev–Trinajstić information content (AvgIpc) is 2.64. The Morgan fingerprint density at radius 2 is 2.27 bits per heavy atom. The van der Waals surface area contributed by atoms with Crippen LogP contribution < -0.4 is 0 Å². The van der Waals surface area contributed by atoms with Gasteiger partial charge in [0.25, 0.3) is 0 Å². The van der Waals surface area contributed by atoms with Crippen molar-refractivity contribution < 1.29 is 4.79 Å². The number of rotatable bonds is 2. The van der Waals surface area contributed by atoms with E-state index in [1.165, 1.54) is 11.0 Å². The van der Waals surface area contributed by atoms with Crippen LogP contribution in [0.25, 0.3) is 0 Å². The van der Waals surface area contributed by atoms with Crippen molar-refractivity contribution in [1.82, 2.24) is 19.7 Å². The van der Waals surface area contributed by atoms with Crippen LogP contribution in [0, 0.1) is 6.92 Å². The van der Waals surface area contributed by atoms with Crippen molar-refractivity contribution >= 4 is 5.78 Å². The minimum absolute atomic E-state index is 0.130. The zero-order chi connectivity index (χ0) is 10.8. The number of aromatic nitrogens is 4. The Labute approximate surface area is 86.8 Å².